The Kier molecular flexibility index (Phi) is 20.3. The highest BCUT2D eigenvalue weighted by Gasteiger charge is 1.85. The summed E-state index contributed by atoms with van der Waals surface area (Å²) in [5, 5.41) is 0. The molecule has 0 aliphatic rings. The van der Waals surface area contributed by atoms with Crippen LogP contribution in [0.25, 0.3) is 0 Å². The van der Waals surface area contributed by atoms with Gasteiger partial charge in [0.1, 0.15) is 0 Å². The van der Waals surface area contributed by atoms with Crippen molar-refractivity contribution < 1.29 is 1.43 Å². The zero-order valence-corrected chi connectivity index (χ0v) is 9.53. The summed E-state index contributed by atoms with van der Waals surface area (Å²) in [5.74, 6) is 5.90. The molecule has 0 aromatic carbocycles. The van der Waals surface area contributed by atoms with Crippen LogP contribution in [0.3, 0.4) is 0 Å². The molecule has 0 bridgehead atoms. The SMILES string of the molecule is CC.CCCCCCCC#CCN.[HH]. The molecule has 0 aromatic rings. The van der Waals surface area contributed by atoms with E-state index in [4.69, 9.17) is 5.73 Å². The quantitative estimate of drug-likeness (QED) is 0.514. The molecule has 0 aliphatic carbocycles. The van der Waals surface area contributed by atoms with Crippen LogP contribution >= 0.6 is 0 Å². The highest BCUT2D eigenvalue weighted by atomic mass is 14.5. The molecule has 0 saturated heterocycles. The van der Waals surface area contributed by atoms with Gasteiger partial charge in [-0.2, -0.15) is 0 Å². The first-order valence-electron chi connectivity index (χ1n) is 5.57. The molecular formula is C12H27N. The lowest BCUT2D eigenvalue weighted by Crippen LogP contribution is -1.92. The van der Waals surface area contributed by atoms with Crippen molar-refractivity contribution in [2.75, 3.05) is 6.54 Å². The zero-order valence-electron chi connectivity index (χ0n) is 9.53. The molecule has 0 aliphatic heterocycles. The van der Waals surface area contributed by atoms with Crippen LogP contribution < -0.4 is 5.73 Å². The van der Waals surface area contributed by atoms with Crippen molar-refractivity contribution in [3.05, 3.63) is 0 Å². The van der Waals surface area contributed by atoms with E-state index in [-0.39, 0.29) is 1.43 Å². The smallest absolute Gasteiger partial charge is 0.0551 e. The van der Waals surface area contributed by atoms with Crippen molar-refractivity contribution in [1.82, 2.24) is 0 Å². The Hall–Kier alpha value is -0.480. The topological polar surface area (TPSA) is 26.0 Å². The van der Waals surface area contributed by atoms with E-state index < -0.39 is 0 Å². The second kappa shape index (κ2) is 17.6. The molecule has 0 aromatic heterocycles. The Morgan fingerprint density at radius 3 is 2.15 bits per heavy atom. The Balaban J connectivity index is -0.000000376. The molecule has 80 valence electrons. The average molecular weight is 185 g/mol. The van der Waals surface area contributed by atoms with Crippen LogP contribution in [0.1, 0.15) is 60.7 Å². The Bertz CT molecular complexity index is 124. The molecule has 0 fully saturated rings. The molecule has 0 radical (unpaired) electrons. The Morgan fingerprint density at radius 1 is 1.00 bits per heavy atom. The van der Waals surface area contributed by atoms with Crippen LogP contribution in [0.15, 0.2) is 0 Å². The van der Waals surface area contributed by atoms with Gasteiger partial charge in [0.25, 0.3) is 0 Å². The number of rotatable bonds is 5. The van der Waals surface area contributed by atoms with Gasteiger partial charge < -0.3 is 5.73 Å². The van der Waals surface area contributed by atoms with E-state index in [0.29, 0.717) is 6.54 Å². The van der Waals surface area contributed by atoms with Crippen LogP contribution in [0.2, 0.25) is 0 Å². The maximum Gasteiger partial charge on any atom is 0.0551 e. The van der Waals surface area contributed by atoms with Crippen molar-refractivity contribution in [2.24, 2.45) is 5.73 Å². The van der Waals surface area contributed by atoms with E-state index >= 15 is 0 Å². The van der Waals surface area contributed by atoms with Crippen molar-refractivity contribution in [3.8, 4) is 11.8 Å². The van der Waals surface area contributed by atoms with E-state index in [1.54, 1.807) is 0 Å². The van der Waals surface area contributed by atoms with Crippen molar-refractivity contribution in [3.63, 3.8) is 0 Å². The third-order valence-corrected chi connectivity index (χ3v) is 1.63. The third-order valence-electron chi connectivity index (χ3n) is 1.63. The summed E-state index contributed by atoms with van der Waals surface area (Å²) in [7, 11) is 0. The fraction of sp³-hybridized carbons (Fsp3) is 0.833. The van der Waals surface area contributed by atoms with Gasteiger partial charge >= 0.3 is 0 Å². The first kappa shape index (κ1) is 15.0. The normalized spacial score (nSPS) is 8.00. The van der Waals surface area contributed by atoms with E-state index in [1.807, 2.05) is 13.8 Å². The molecule has 0 unspecified atom stereocenters. The molecule has 0 spiro atoms. The minimum Gasteiger partial charge on any atom is -0.320 e. The van der Waals surface area contributed by atoms with Gasteiger partial charge in [-0.15, -0.1) is 5.92 Å². The molecule has 0 saturated carbocycles. The zero-order chi connectivity index (χ0) is 10.4. The van der Waals surface area contributed by atoms with Crippen molar-refractivity contribution in [1.29, 1.82) is 0 Å². The second-order valence-corrected chi connectivity index (χ2v) is 2.72. The summed E-state index contributed by atoms with van der Waals surface area (Å²) in [6.07, 6.45) is 7.64. The summed E-state index contributed by atoms with van der Waals surface area (Å²) in [6.45, 7) is 6.74. The summed E-state index contributed by atoms with van der Waals surface area (Å²) in [6, 6.07) is 0. The molecule has 0 heterocycles. The first-order valence-corrected chi connectivity index (χ1v) is 5.57. The molecule has 0 amide bonds. The van der Waals surface area contributed by atoms with Gasteiger partial charge in [0.05, 0.1) is 6.54 Å². The van der Waals surface area contributed by atoms with Gasteiger partial charge in [-0.05, 0) is 6.42 Å². The van der Waals surface area contributed by atoms with Crippen molar-refractivity contribution >= 4 is 0 Å². The number of unbranched alkanes of at least 4 members (excludes halogenated alkanes) is 5. The van der Waals surface area contributed by atoms with Crippen LogP contribution in [0.4, 0.5) is 0 Å². The first-order chi connectivity index (χ1) is 6.41. The van der Waals surface area contributed by atoms with E-state index in [2.05, 4.69) is 18.8 Å². The average Bonchev–Trinajstić information content (AvgIpc) is 2.20. The lowest BCUT2D eigenvalue weighted by atomic mass is 10.1. The van der Waals surface area contributed by atoms with Gasteiger partial charge in [0, 0.05) is 7.85 Å². The van der Waals surface area contributed by atoms with Gasteiger partial charge in [-0.1, -0.05) is 52.4 Å². The van der Waals surface area contributed by atoms with E-state index in [1.165, 1.54) is 32.1 Å². The predicted molar refractivity (Wildman–Crippen MR) is 63.7 cm³/mol. The standard InChI is InChI=1S/C10H19N.C2H6.H2/c1-2-3-4-5-6-7-8-9-10-11;1-2;/h2-7,10-11H2,1H3;1-2H3;1H. The summed E-state index contributed by atoms with van der Waals surface area (Å²) in [5.41, 5.74) is 5.22. The molecular weight excluding hydrogens is 158 g/mol. The van der Waals surface area contributed by atoms with Gasteiger partial charge in [-0.25, -0.2) is 0 Å². The maximum absolute atomic E-state index is 5.22. The molecule has 1 heteroatoms. The van der Waals surface area contributed by atoms with Crippen LogP contribution in [0, 0.1) is 11.8 Å². The predicted octanol–water partition coefficient (Wildman–Crippen LogP) is 3.58. The summed E-state index contributed by atoms with van der Waals surface area (Å²) >= 11 is 0. The van der Waals surface area contributed by atoms with E-state index in [9.17, 15) is 0 Å². The highest BCUT2D eigenvalue weighted by molar-refractivity contribution is 4.99. The lowest BCUT2D eigenvalue weighted by molar-refractivity contribution is 0.641. The number of hydrogen-bond donors (Lipinski definition) is 1. The van der Waals surface area contributed by atoms with Crippen molar-refractivity contribution in [2.45, 2.75) is 59.3 Å². The largest absolute Gasteiger partial charge is 0.320 e. The fourth-order valence-electron chi connectivity index (χ4n) is 0.977. The Morgan fingerprint density at radius 2 is 1.62 bits per heavy atom. The fourth-order valence-corrected chi connectivity index (χ4v) is 0.977. The van der Waals surface area contributed by atoms with Gasteiger partial charge in [0.2, 0.25) is 0 Å². The molecule has 0 atom stereocenters. The molecule has 1 nitrogen and oxygen atoms in total. The van der Waals surface area contributed by atoms with Crippen LogP contribution in [-0.2, 0) is 0 Å². The maximum atomic E-state index is 5.22. The molecule has 0 rings (SSSR count). The summed E-state index contributed by atoms with van der Waals surface area (Å²) < 4.78 is 0. The minimum absolute atomic E-state index is 0. The molecule has 13 heavy (non-hydrogen) atoms. The number of nitrogens with two attached hydrogens (primary N) is 1. The number of hydrogen-bond acceptors (Lipinski definition) is 1. The van der Waals surface area contributed by atoms with E-state index in [0.717, 1.165) is 6.42 Å². The minimum atomic E-state index is 0. The van der Waals surface area contributed by atoms with Crippen LogP contribution in [0.5, 0.6) is 0 Å². The third kappa shape index (κ3) is 18.5. The monoisotopic (exact) mass is 185 g/mol. The molecule has 2 N–H and O–H groups in total. The van der Waals surface area contributed by atoms with Gasteiger partial charge in [-0.3, -0.25) is 0 Å². The van der Waals surface area contributed by atoms with Crippen LogP contribution in [-0.4, -0.2) is 6.54 Å². The Labute approximate surface area is 85.6 Å². The summed E-state index contributed by atoms with van der Waals surface area (Å²) in [4.78, 5) is 0. The lowest BCUT2D eigenvalue weighted by Gasteiger charge is -1.94. The highest BCUT2D eigenvalue weighted by Crippen LogP contribution is 2.03. The van der Waals surface area contributed by atoms with Gasteiger partial charge in [0.15, 0.2) is 0 Å². The second-order valence-electron chi connectivity index (χ2n) is 2.72.